The van der Waals surface area contributed by atoms with Crippen LogP contribution in [0.3, 0.4) is 0 Å². The molecule has 0 heterocycles. The SMILES string of the molecule is C=C/C(=C\C(=C/C)C(=N)N)C(=O)OC. The van der Waals surface area contributed by atoms with Crippen molar-refractivity contribution in [1.82, 2.24) is 0 Å². The lowest BCUT2D eigenvalue weighted by Gasteiger charge is -2.01. The number of nitrogens with two attached hydrogens (primary N) is 1. The van der Waals surface area contributed by atoms with Crippen molar-refractivity contribution in [3.05, 3.63) is 36.0 Å². The number of hydrogen-bond acceptors (Lipinski definition) is 3. The lowest BCUT2D eigenvalue weighted by atomic mass is 10.1. The Morgan fingerprint density at radius 3 is 2.36 bits per heavy atom. The Kier molecular flexibility index (Phi) is 4.99. The van der Waals surface area contributed by atoms with Crippen molar-refractivity contribution in [2.45, 2.75) is 6.92 Å². The van der Waals surface area contributed by atoms with Gasteiger partial charge in [-0.2, -0.15) is 0 Å². The number of rotatable bonds is 4. The standard InChI is InChI=1S/C10H14N2O2/c1-4-7(9(11)12)6-8(5-2)10(13)14-3/h4-6H,2H2,1,3H3,(H3,11,12)/b7-4+,8-6+. The summed E-state index contributed by atoms with van der Waals surface area (Å²) in [5.74, 6) is -0.601. The highest BCUT2D eigenvalue weighted by molar-refractivity contribution is 6.00. The van der Waals surface area contributed by atoms with Gasteiger partial charge in [-0.05, 0) is 13.0 Å². The van der Waals surface area contributed by atoms with E-state index in [1.54, 1.807) is 13.0 Å². The largest absolute Gasteiger partial charge is 0.465 e. The van der Waals surface area contributed by atoms with Gasteiger partial charge in [-0.3, -0.25) is 5.41 Å². The number of amidine groups is 1. The first kappa shape index (κ1) is 12.2. The quantitative estimate of drug-likeness (QED) is 0.232. The summed E-state index contributed by atoms with van der Waals surface area (Å²) in [6.07, 6.45) is 4.45. The fourth-order valence-electron chi connectivity index (χ4n) is 0.803. The zero-order valence-corrected chi connectivity index (χ0v) is 8.33. The van der Waals surface area contributed by atoms with Crippen LogP contribution in [0.4, 0.5) is 0 Å². The smallest absolute Gasteiger partial charge is 0.337 e. The highest BCUT2D eigenvalue weighted by atomic mass is 16.5. The molecule has 4 heteroatoms. The molecule has 0 bridgehead atoms. The molecule has 0 rings (SSSR count). The zero-order valence-electron chi connectivity index (χ0n) is 8.33. The summed E-state index contributed by atoms with van der Waals surface area (Å²) < 4.78 is 4.51. The van der Waals surface area contributed by atoms with Crippen molar-refractivity contribution in [3.63, 3.8) is 0 Å². The van der Waals surface area contributed by atoms with Crippen LogP contribution >= 0.6 is 0 Å². The van der Waals surface area contributed by atoms with Crippen molar-refractivity contribution in [2.75, 3.05) is 7.11 Å². The predicted molar refractivity (Wildman–Crippen MR) is 56.0 cm³/mol. The second kappa shape index (κ2) is 5.75. The van der Waals surface area contributed by atoms with E-state index in [0.717, 1.165) is 0 Å². The van der Waals surface area contributed by atoms with Crippen LogP contribution < -0.4 is 5.73 Å². The molecule has 0 aliphatic carbocycles. The number of hydrogen-bond donors (Lipinski definition) is 2. The number of esters is 1. The second-order valence-corrected chi connectivity index (χ2v) is 2.45. The number of methoxy groups -OCH3 is 1. The van der Waals surface area contributed by atoms with Crippen molar-refractivity contribution in [2.24, 2.45) is 5.73 Å². The van der Waals surface area contributed by atoms with Crippen LogP contribution in [0.2, 0.25) is 0 Å². The molecule has 76 valence electrons. The minimum Gasteiger partial charge on any atom is -0.465 e. The molecule has 0 atom stereocenters. The maximum absolute atomic E-state index is 11.1. The summed E-state index contributed by atoms with van der Waals surface area (Å²) in [6, 6.07) is 0. The first-order chi connectivity index (χ1) is 6.56. The maximum Gasteiger partial charge on any atom is 0.337 e. The van der Waals surface area contributed by atoms with E-state index in [1.165, 1.54) is 19.3 Å². The van der Waals surface area contributed by atoms with E-state index in [1.807, 2.05) is 0 Å². The molecule has 0 aromatic rings. The predicted octanol–water partition coefficient (Wildman–Crippen LogP) is 1.15. The monoisotopic (exact) mass is 194 g/mol. The van der Waals surface area contributed by atoms with E-state index in [-0.39, 0.29) is 11.4 Å². The second-order valence-electron chi connectivity index (χ2n) is 2.45. The number of nitrogens with one attached hydrogen (secondary N) is 1. The Bertz CT molecular complexity index is 314. The Hall–Kier alpha value is -1.84. The number of carbonyl (C=O) groups excluding carboxylic acids is 1. The molecule has 14 heavy (non-hydrogen) atoms. The van der Waals surface area contributed by atoms with Gasteiger partial charge in [0, 0.05) is 5.57 Å². The number of allylic oxidation sites excluding steroid dienone is 1. The molecule has 0 saturated heterocycles. The van der Waals surface area contributed by atoms with Gasteiger partial charge in [-0.1, -0.05) is 18.7 Å². The van der Waals surface area contributed by atoms with Crippen LogP contribution in [0.25, 0.3) is 0 Å². The molecule has 0 aromatic carbocycles. The Labute approximate surface area is 83.3 Å². The van der Waals surface area contributed by atoms with Crippen molar-refractivity contribution in [3.8, 4) is 0 Å². The molecular formula is C10H14N2O2. The van der Waals surface area contributed by atoms with Crippen molar-refractivity contribution in [1.29, 1.82) is 5.41 Å². The fourth-order valence-corrected chi connectivity index (χ4v) is 0.803. The highest BCUT2D eigenvalue weighted by Crippen LogP contribution is 2.05. The summed E-state index contributed by atoms with van der Waals surface area (Å²) in [4.78, 5) is 11.1. The molecule has 0 unspecified atom stereocenters. The molecule has 0 radical (unpaired) electrons. The first-order valence-corrected chi connectivity index (χ1v) is 4.00. The molecule has 0 fully saturated rings. The van der Waals surface area contributed by atoms with Gasteiger partial charge in [-0.25, -0.2) is 4.79 Å². The summed E-state index contributed by atoms with van der Waals surface area (Å²) in [6.45, 7) is 5.20. The third kappa shape index (κ3) is 3.26. The normalized spacial score (nSPS) is 12.1. The molecule has 0 aromatic heterocycles. The van der Waals surface area contributed by atoms with Crippen LogP contribution in [0.5, 0.6) is 0 Å². The summed E-state index contributed by atoms with van der Waals surface area (Å²) in [5, 5.41) is 7.20. The van der Waals surface area contributed by atoms with Crippen LogP contribution in [-0.2, 0) is 9.53 Å². The van der Waals surface area contributed by atoms with Crippen LogP contribution in [0.15, 0.2) is 36.0 Å². The molecule has 4 nitrogen and oxygen atoms in total. The van der Waals surface area contributed by atoms with Gasteiger partial charge in [0.05, 0.1) is 12.7 Å². The fraction of sp³-hybridized carbons (Fsp3) is 0.200. The molecule has 0 spiro atoms. The van der Waals surface area contributed by atoms with Crippen LogP contribution in [0, 0.1) is 5.41 Å². The molecule has 0 amide bonds. The molecular weight excluding hydrogens is 180 g/mol. The highest BCUT2D eigenvalue weighted by Gasteiger charge is 2.06. The van der Waals surface area contributed by atoms with Gasteiger partial charge in [0.25, 0.3) is 0 Å². The minimum atomic E-state index is -0.499. The van der Waals surface area contributed by atoms with Gasteiger partial charge in [0.1, 0.15) is 5.84 Å². The molecule has 0 aliphatic heterocycles. The Balaban J connectivity index is 5.01. The lowest BCUT2D eigenvalue weighted by Crippen LogP contribution is -2.13. The average Bonchev–Trinajstić information content (AvgIpc) is 2.18. The van der Waals surface area contributed by atoms with Crippen molar-refractivity contribution < 1.29 is 9.53 Å². The van der Waals surface area contributed by atoms with E-state index in [9.17, 15) is 4.79 Å². The Morgan fingerprint density at radius 2 is 2.07 bits per heavy atom. The van der Waals surface area contributed by atoms with E-state index < -0.39 is 5.97 Å². The number of carbonyl (C=O) groups is 1. The molecule has 3 N–H and O–H groups in total. The van der Waals surface area contributed by atoms with Gasteiger partial charge in [0.15, 0.2) is 0 Å². The molecule has 0 saturated carbocycles. The zero-order chi connectivity index (χ0) is 11.1. The van der Waals surface area contributed by atoms with Gasteiger partial charge in [-0.15, -0.1) is 0 Å². The topological polar surface area (TPSA) is 76.2 Å². The third-order valence-electron chi connectivity index (χ3n) is 1.57. The van der Waals surface area contributed by atoms with Crippen LogP contribution in [-0.4, -0.2) is 18.9 Å². The minimum absolute atomic E-state index is 0.101. The summed E-state index contributed by atoms with van der Waals surface area (Å²) in [7, 11) is 1.28. The van der Waals surface area contributed by atoms with E-state index in [2.05, 4.69) is 11.3 Å². The van der Waals surface area contributed by atoms with E-state index >= 15 is 0 Å². The van der Waals surface area contributed by atoms with E-state index in [0.29, 0.717) is 5.57 Å². The van der Waals surface area contributed by atoms with Crippen molar-refractivity contribution >= 4 is 11.8 Å². The number of ether oxygens (including phenoxy) is 1. The average molecular weight is 194 g/mol. The van der Waals surface area contributed by atoms with E-state index in [4.69, 9.17) is 11.1 Å². The third-order valence-corrected chi connectivity index (χ3v) is 1.57. The molecule has 0 aliphatic rings. The first-order valence-electron chi connectivity index (χ1n) is 4.00. The van der Waals surface area contributed by atoms with Crippen LogP contribution in [0.1, 0.15) is 6.92 Å². The lowest BCUT2D eigenvalue weighted by molar-refractivity contribution is -0.135. The maximum atomic E-state index is 11.1. The van der Waals surface area contributed by atoms with Gasteiger partial charge >= 0.3 is 5.97 Å². The summed E-state index contributed by atoms with van der Waals surface area (Å²) >= 11 is 0. The Morgan fingerprint density at radius 1 is 1.50 bits per heavy atom. The van der Waals surface area contributed by atoms with Gasteiger partial charge in [0.2, 0.25) is 0 Å². The summed E-state index contributed by atoms with van der Waals surface area (Å²) in [5.41, 5.74) is 6.01. The van der Waals surface area contributed by atoms with Gasteiger partial charge < -0.3 is 10.5 Å².